The van der Waals surface area contributed by atoms with Crippen molar-refractivity contribution in [2.75, 3.05) is 11.1 Å². The molecule has 4 rings (SSSR count). The third kappa shape index (κ3) is 3.21. The van der Waals surface area contributed by atoms with Crippen LogP contribution in [-0.4, -0.2) is 19.7 Å². The van der Waals surface area contributed by atoms with E-state index >= 15 is 0 Å². The van der Waals surface area contributed by atoms with Gasteiger partial charge in [0.2, 0.25) is 11.9 Å². The Kier molecular flexibility index (Phi) is 4.23. The number of aryl methyl sites for hydroxylation is 1. The van der Waals surface area contributed by atoms with Crippen LogP contribution in [0.4, 0.5) is 17.6 Å². The molecule has 2 heterocycles. The summed E-state index contributed by atoms with van der Waals surface area (Å²) >= 11 is 0. The summed E-state index contributed by atoms with van der Waals surface area (Å²) in [4.78, 5) is 8.55. The summed E-state index contributed by atoms with van der Waals surface area (Å²) < 4.78 is 1.52. The highest BCUT2D eigenvalue weighted by atomic mass is 15.4. The molecule has 0 saturated heterocycles. The Hall–Kier alpha value is -3.41. The van der Waals surface area contributed by atoms with E-state index in [2.05, 4.69) is 69.8 Å². The fourth-order valence-corrected chi connectivity index (χ4v) is 3.03. The first-order chi connectivity index (χ1) is 12.7. The Balaban J connectivity index is 1.56. The van der Waals surface area contributed by atoms with Gasteiger partial charge < -0.3 is 11.1 Å². The van der Waals surface area contributed by atoms with Crippen molar-refractivity contribution in [2.45, 2.75) is 19.3 Å². The Morgan fingerprint density at radius 1 is 1.19 bits per heavy atom. The molecule has 0 radical (unpaired) electrons. The van der Waals surface area contributed by atoms with E-state index in [1.54, 1.807) is 6.20 Å². The van der Waals surface area contributed by atoms with Crippen molar-refractivity contribution in [3.63, 3.8) is 0 Å². The topological polar surface area (TPSA) is 81.6 Å². The van der Waals surface area contributed by atoms with Crippen LogP contribution >= 0.6 is 0 Å². The van der Waals surface area contributed by atoms with E-state index in [-0.39, 0.29) is 0 Å². The molecule has 1 atom stereocenters. The van der Waals surface area contributed by atoms with Gasteiger partial charge in [0.25, 0.3) is 0 Å². The second kappa shape index (κ2) is 6.84. The number of nitrogens with one attached hydrogen (secondary N) is 1. The first-order valence-electron chi connectivity index (χ1n) is 8.55. The standard InChI is InChI=1S/C20H20N6/c1-14-13-16(15-7-3-2-4-8-15)10-11-17(14)23-20-24-19(21)26(25-20)18-9-5-6-12-22-18/h2-7,9-13,15H,8H2,1H3,(H3,21,23,24,25). The van der Waals surface area contributed by atoms with Crippen LogP contribution in [0.2, 0.25) is 0 Å². The van der Waals surface area contributed by atoms with Gasteiger partial charge in [-0.15, -0.1) is 5.10 Å². The lowest BCUT2D eigenvalue weighted by Gasteiger charge is -2.15. The van der Waals surface area contributed by atoms with Gasteiger partial charge in [0, 0.05) is 17.8 Å². The van der Waals surface area contributed by atoms with Crippen LogP contribution < -0.4 is 11.1 Å². The zero-order valence-corrected chi connectivity index (χ0v) is 14.5. The maximum atomic E-state index is 5.98. The molecule has 26 heavy (non-hydrogen) atoms. The molecule has 1 aliphatic carbocycles. The molecule has 1 aliphatic rings. The third-order valence-electron chi connectivity index (χ3n) is 4.40. The lowest BCUT2D eigenvalue weighted by molar-refractivity contribution is 0.852. The molecule has 0 spiro atoms. The largest absolute Gasteiger partial charge is 0.368 e. The highest BCUT2D eigenvalue weighted by Gasteiger charge is 2.13. The normalized spacial score (nSPS) is 16.0. The molecule has 3 N–H and O–H groups in total. The smallest absolute Gasteiger partial charge is 0.248 e. The molecule has 2 aromatic heterocycles. The second-order valence-electron chi connectivity index (χ2n) is 6.25. The molecule has 1 unspecified atom stereocenters. The maximum absolute atomic E-state index is 5.98. The number of hydrogen-bond acceptors (Lipinski definition) is 5. The zero-order chi connectivity index (χ0) is 17.9. The number of allylic oxidation sites excluding steroid dienone is 4. The van der Waals surface area contributed by atoms with E-state index in [9.17, 15) is 0 Å². The van der Waals surface area contributed by atoms with Crippen LogP contribution in [-0.2, 0) is 0 Å². The number of pyridine rings is 1. The number of nitrogens with zero attached hydrogens (tertiary/aromatic N) is 4. The molecule has 0 bridgehead atoms. The number of hydrogen-bond donors (Lipinski definition) is 2. The van der Waals surface area contributed by atoms with Crippen molar-refractivity contribution in [3.05, 3.63) is 78.0 Å². The van der Waals surface area contributed by atoms with Crippen molar-refractivity contribution in [1.29, 1.82) is 0 Å². The first kappa shape index (κ1) is 16.1. The third-order valence-corrected chi connectivity index (χ3v) is 4.40. The quantitative estimate of drug-likeness (QED) is 0.750. The summed E-state index contributed by atoms with van der Waals surface area (Å²) in [6.45, 7) is 2.08. The van der Waals surface area contributed by atoms with Crippen LogP contribution in [0.5, 0.6) is 0 Å². The predicted molar refractivity (Wildman–Crippen MR) is 104 cm³/mol. The van der Waals surface area contributed by atoms with Gasteiger partial charge in [0.15, 0.2) is 5.82 Å². The highest BCUT2D eigenvalue weighted by molar-refractivity contribution is 5.60. The fraction of sp³-hybridized carbons (Fsp3) is 0.150. The van der Waals surface area contributed by atoms with Crippen molar-refractivity contribution in [2.24, 2.45) is 0 Å². The fourth-order valence-electron chi connectivity index (χ4n) is 3.03. The van der Waals surface area contributed by atoms with Gasteiger partial charge in [-0.05, 0) is 42.7 Å². The van der Waals surface area contributed by atoms with Crippen molar-refractivity contribution in [1.82, 2.24) is 19.7 Å². The molecule has 0 aliphatic heterocycles. The van der Waals surface area contributed by atoms with E-state index in [1.165, 1.54) is 10.2 Å². The van der Waals surface area contributed by atoms with E-state index in [4.69, 9.17) is 5.73 Å². The molecular formula is C20H20N6. The SMILES string of the molecule is Cc1cc(C2C=CC=CC2)ccc1Nc1nc(N)n(-c2ccccn2)n1. The van der Waals surface area contributed by atoms with Crippen LogP contribution in [0.1, 0.15) is 23.5 Å². The molecule has 0 saturated carbocycles. The monoisotopic (exact) mass is 344 g/mol. The molecule has 3 aromatic rings. The molecule has 130 valence electrons. The van der Waals surface area contributed by atoms with E-state index in [1.807, 2.05) is 18.2 Å². The summed E-state index contributed by atoms with van der Waals surface area (Å²) in [5.41, 5.74) is 9.39. The Bertz CT molecular complexity index is 971. The summed E-state index contributed by atoms with van der Waals surface area (Å²) in [6, 6.07) is 12.0. The first-order valence-corrected chi connectivity index (χ1v) is 8.55. The Morgan fingerprint density at radius 3 is 2.85 bits per heavy atom. The van der Waals surface area contributed by atoms with Gasteiger partial charge in [0.1, 0.15) is 0 Å². The molecule has 1 aromatic carbocycles. The summed E-state index contributed by atoms with van der Waals surface area (Å²) in [5.74, 6) is 1.81. The molecular weight excluding hydrogens is 324 g/mol. The van der Waals surface area contributed by atoms with Gasteiger partial charge in [0.05, 0.1) is 0 Å². The van der Waals surface area contributed by atoms with E-state index in [0.29, 0.717) is 23.6 Å². The van der Waals surface area contributed by atoms with E-state index in [0.717, 1.165) is 17.7 Å². The minimum absolute atomic E-state index is 0.291. The van der Waals surface area contributed by atoms with Crippen molar-refractivity contribution >= 4 is 17.6 Å². The molecule has 0 amide bonds. The molecule has 6 heteroatoms. The van der Waals surface area contributed by atoms with Crippen LogP contribution in [0.3, 0.4) is 0 Å². The van der Waals surface area contributed by atoms with E-state index < -0.39 is 0 Å². The number of nitrogens with two attached hydrogens (primary N) is 1. The number of rotatable bonds is 4. The average molecular weight is 344 g/mol. The maximum Gasteiger partial charge on any atom is 0.248 e. The molecule has 0 fully saturated rings. The number of aromatic nitrogens is 4. The van der Waals surface area contributed by atoms with Gasteiger partial charge in [-0.3, -0.25) is 0 Å². The van der Waals surface area contributed by atoms with Gasteiger partial charge in [-0.2, -0.15) is 9.67 Å². The zero-order valence-electron chi connectivity index (χ0n) is 14.5. The van der Waals surface area contributed by atoms with Crippen molar-refractivity contribution in [3.8, 4) is 5.82 Å². The predicted octanol–water partition coefficient (Wildman–Crippen LogP) is 3.90. The summed E-state index contributed by atoms with van der Waals surface area (Å²) in [5, 5.41) is 7.67. The lowest BCUT2D eigenvalue weighted by Crippen LogP contribution is -2.04. The lowest BCUT2D eigenvalue weighted by atomic mass is 9.91. The van der Waals surface area contributed by atoms with Crippen molar-refractivity contribution < 1.29 is 0 Å². The van der Waals surface area contributed by atoms with Crippen LogP contribution in [0.25, 0.3) is 5.82 Å². The number of benzene rings is 1. The van der Waals surface area contributed by atoms with Gasteiger partial charge in [-0.25, -0.2) is 4.98 Å². The van der Waals surface area contributed by atoms with Crippen LogP contribution in [0.15, 0.2) is 66.9 Å². The average Bonchev–Trinajstić information content (AvgIpc) is 3.05. The Labute approximate surface area is 152 Å². The van der Waals surface area contributed by atoms with Crippen LogP contribution in [0, 0.1) is 6.92 Å². The number of anilines is 3. The summed E-state index contributed by atoms with van der Waals surface area (Å²) in [7, 11) is 0. The Morgan fingerprint density at radius 2 is 2.12 bits per heavy atom. The van der Waals surface area contributed by atoms with Gasteiger partial charge >= 0.3 is 0 Å². The number of nitrogen functional groups attached to an aromatic ring is 1. The minimum Gasteiger partial charge on any atom is -0.368 e. The summed E-state index contributed by atoms with van der Waals surface area (Å²) in [6.07, 6.45) is 11.4. The second-order valence-corrected chi connectivity index (χ2v) is 6.25. The molecule has 6 nitrogen and oxygen atoms in total. The highest BCUT2D eigenvalue weighted by Crippen LogP contribution is 2.28. The minimum atomic E-state index is 0.291. The van der Waals surface area contributed by atoms with Gasteiger partial charge in [-0.1, -0.05) is 42.5 Å².